The molecule has 6 heterocycles. The van der Waals surface area contributed by atoms with Crippen LogP contribution in [0.2, 0.25) is 5.02 Å². The van der Waals surface area contributed by atoms with Crippen LogP contribution in [0.5, 0.6) is 5.75 Å². The molecule has 0 aliphatic carbocycles. The zero-order valence-corrected chi connectivity index (χ0v) is 39.9. The number of fused-ring (bicyclic) bond motifs is 3. The minimum Gasteiger partial charge on any atom is -0.497 e. The van der Waals surface area contributed by atoms with E-state index in [4.69, 9.17) is 64.9 Å². The van der Waals surface area contributed by atoms with Gasteiger partial charge in [0.2, 0.25) is 0 Å². The first-order chi connectivity index (χ1) is 32.8. The maximum absolute atomic E-state index is 13.5. The molecule has 9 N–H and O–H groups in total. The standard InChI is InChI=1S/C39H48ClN10O16P3/c1-59-23-7-9-26-25(15-23)35(24-8-6-22(40)14-27(24)47-26)43-11-4-2-3-5-13-60-68(55,56)61-18-31-29(17-33(63-31)49-12-10-32(41)48-39(49)51)66-69(57,58)62-19-30-28(65-67(52,53)54)16-34(64-30)50-21-46-36-37(42)44-20-45-38(36)50/h6-10,12,14-15,20-21,28-31,33-34H,2-5,11,13,16-19H2,1H3,(H,43,47)(H,55,56)(H,57,58)(H2,41,48,51)(H2,42,44,45)(H2,52,53,54)/t28-,29-,30+,31+,33+,34+/m0/s1. The zero-order chi connectivity index (χ0) is 49.1. The molecule has 372 valence electrons. The number of phosphoric acid groups is 3. The van der Waals surface area contributed by atoms with E-state index in [9.17, 15) is 38.1 Å². The van der Waals surface area contributed by atoms with Crippen molar-refractivity contribution >= 4 is 85.4 Å². The molecule has 8 rings (SSSR count). The molecule has 2 fully saturated rings. The maximum Gasteiger partial charge on any atom is 0.472 e. The monoisotopic (exact) mass is 1040 g/mol. The smallest absolute Gasteiger partial charge is 0.472 e. The van der Waals surface area contributed by atoms with Gasteiger partial charge in [-0.2, -0.15) is 4.98 Å². The lowest BCUT2D eigenvalue weighted by molar-refractivity contribution is -0.0560. The van der Waals surface area contributed by atoms with Gasteiger partial charge >= 0.3 is 29.2 Å². The molecule has 30 heteroatoms. The quantitative estimate of drug-likeness (QED) is 0.0268. The Morgan fingerprint density at radius 1 is 0.797 bits per heavy atom. The van der Waals surface area contributed by atoms with Crippen LogP contribution >= 0.6 is 35.1 Å². The SMILES string of the molecule is COc1ccc2nc3cc(Cl)ccc3c(NCCCCCCOP(=O)(O)OC[C@H]3O[C@@H](n4ccc(N)nc4=O)C[C@@H]3OP(=O)(O)OC[C@H]3O[C@@H](n4cnc5c(N)ncnc54)C[C@@H]3OP(=O)(O)O)c2c1. The number of hydrogen-bond donors (Lipinski definition) is 7. The van der Waals surface area contributed by atoms with E-state index >= 15 is 0 Å². The lowest BCUT2D eigenvalue weighted by Crippen LogP contribution is -2.30. The number of aromatic nitrogens is 7. The summed E-state index contributed by atoms with van der Waals surface area (Å²) in [5, 5.41) is 5.89. The molecule has 26 nitrogen and oxygen atoms in total. The number of hydrogen-bond acceptors (Lipinski definition) is 20. The van der Waals surface area contributed by atoms with Crippen LogP contribution in [-0.4, -0.2) is 112 Å². The van der Waals surface area contributed by atoms with Crippen molar-refractivity contribution in [3.05, 3.63) is 76.8 Å². The van der Waals surface area contributed by atoms with Crippen molar-refractivity contribution in [1.82, 2.24) is 34.1 Å². The average Bonchev–Trinajstić information content (AvgIpc) is 4.02. The number of nitrogen functional groups attached to an aromatic ring is 2. The van der Waals surface area contributed by atoms with E-state index < -0.39 is 79.2 Å². The van der Waals surface area contributed by atoms with Crippen LogP contribution in [-0.2, 0) is 45.8 Å². The van der Waals surface area contributed by atoms with Gasteiger partial charge in [-0.15, -0.1) is 0 Å². The largest absolute Gasteiger partial charge is 0.497 e. The number of methoxy groups -OCH3 is 1. The van der Waals surface area contributed by atoms with Gasteiger partial charge in [0.15, 0.2) is 11.5 Å². The van der Waals surface area contributed by atoms with Crippen molar-refractivity contribution in [1.29, 1.82) is 0 Å². The van der Waals surface area contributed by atoms with Crippen LogP contribution < -0.4 is 27.2 Å². The van der Waals surface area contributed by atoms with Gasteiger partial charge < -0.3 is 50.6 Å². The van der Waals surface area contributed by atoms with E-state index in [2.05, 4.69) is 25.3 Å². The molecule has 0 bridgehead atoms. The third kappa shape index (κ3) is 12.6. The molecule has 8 atom stereocenters. The van der Waals surface area contributed by atoms with Gasteiger partial charge in [-0.1, -0.05) is 24.4 Å². The minimum absolute atomic E-state index is 0.0678. The first kappa shape index (κ1) is 50.7. The summed E-state index contributed by atoms with van der Waals surface area (Å²) in [6.07, 6.45) is -1.86. The van der Waals surface area contributed by atoms with Crippen molar-refractivity contribution in [2.45, 2.75) is 75.4 Å². The van der Waals surface area contributed by atoms with Gasteiger partial charge in [0.25, 0.3) is 0 Å². The molecule has 2 saturated heterocycles. The molecule has 4 aromatic heterocycles. The van der Waals surface area contributed by atoms with Crippen LogP contribution in [0, 0.1) is 0 Å². The summed E-state index contributed by atoms with van der Waals surface area (Å²) >= 11 is 6.26. The Balaban J connectivity index is 0.847. The van der Waals surface area contributed by atoms with Gasteiger partial charge in [0, 0.05) is 41.4 Å². The molecule has 0 spiro atoms. The van der Waals surface area contributed by atoms with Crippen molar-refractivity contribution in [2.75, 3.05) is 50.3 Å². The fourth-order valence-electron chi connectivity index (χ4n) is 7.93. The van der Waals surface area contributed by atoms with Gasteiger partial charge in [-0.25, -0.2) is 38.4 Å². The number of nitrogens with zero attached hydrogens (tertiary/aromatic N) is 7. The highest BCUT2D eigenvalue weighted by molar-refractivity contribution is 7.47. The summed E-state index contributed by atoms with van der Waals surface area (Å²) in [7, 11) is -13.4. The van der Waals surface area contributed by atoms with E-state index in [1.54, 1.807) is 19.2 Å². The van der Waals surface area contributed by atoms with Crippen LogP contribution in [0.25, 0.3) is 33.0 Å². The third-order valence-corrected chi connectivity index (χ3v) is 13.9. The van der Waals surface area contributed by atoms with E-state index in [0.29, 0.717) is 30.2 Å². The Hall–Kier alpha value is -4.72. The summed E-state index contributed by atoms with van der Waals surface area (Å²) in [6, 6.07) is 12.5. The molecule has 2 unspecified atom stereocenters. The first-order valence-electron chi connectivity index (χ1n) is 21.3. The van der Waals surface area contributed by atoms with E-state index in [1.807, 2.05) is 24.3 Å². The molecule has 6 aromatic rings. The number of unbranched alkanes of at least 4 members (excludes halogenated alkanes) is 3. The predicted octanol–water partition coefficient (Wildman–Crippen LogP) is 4.97. The molecule has 2 aliphatic heterocycles. The number of phosphoric ester groups is 3. The highest BCUT2D eigenvalue weighted by Gasteiger charge is 2.46. The molecular formula is C39H48ClN10O16P3. The highest BCUT2D eigenvalue weighted by Crippen LogP contribution is 2.51. The van der Waals surface area contributed by atoms with E-state index in [0.717, 1.165) is 44.9 Å². The average molecular weight is 1040 g/mol. The number of halogens is 1. The zero-order valence-electron chi connectivity index (χ0n) is 36.5. The Labute approximate surface area is 396 Å². The fourth-order valence-corrected chi connectivity index (χ4v) is 10.4. The summed E-state index contributed by atoms with van der Waals surface area (Å²) in [5.74, 6) is 0.674. The molecule has 0 saturated carbocycles. The number of anilines is 3. The summed E-state index contributed by atoms with van der Waals surface area (Å²) in [6.45, 7) is -1.04. The van der Waals surface area contributed by atoms with Crippen molar-refractivity contribution in [3.63, 3.8) is 0 Å². The number of benzene rings is 2. The van der Waals surface area contributed by atoms with Crippen molar-refractivity contribution in [2.24, 2.45) is 0 Å². The molecular weight excluding hydrogens is 993 g/mol. The van der Waals surface area contributed by atoms with Gasteiger partial charge in [-0.3, -0.25) is 31.8 Å². The maximum atomic E-state index is 13.5. The lowest BCUT2D eigenvalue weighted by Gasteiger charge is -2.24. The number of pyridine rings is 1. The molecule has 0 radical (unpaired) electrons. The van der Waals surface area contributed by atoms with Crippen molar-refractivity contribution < 1.29 is 70.1 Å². The van der Waals surface area contributed by atoms with Gasteiger partial charge in [0.05, 0.1) is 50.0 Å². The van der Waals surface area contributed by atoms with Gasteiger partial charge in [-0.05, 0) is 55.3 Å². The number of imidazole rings is 1. The second kappa shape index (κ2) is 21.3. The fraction of sp³-hybridized carbons (Fsp3) is 0.436. The Morgan fingerprint density at radius 2 is 1.51 bits per heavy atom. The molecule has 2 aromatic carbocycles. The number of ether oxygens (including phenoxy) is 3. The predicted molar refractivity (Wildman–Crippen MR) is 247 cm³/mol. The van der Waals surface area contributed by atoms with Crippen LogP contribution in [0.15, 0.2) is 66.1 Å². The lowest BCUT2D eigenvalue weighted by atomic mass is 10.1. The number of nitrogens with one attached hydrogen (secondary N) is 1. The Bertz CT molecular complexity index is 3020. The highest BCUT2D eigenvalue weighted by atomic mass is 35.5. The van der Waals surface area contributed by atoms with Crippen molar-refractivity contribution in [3.8, 4) is 5.75 Å². The molecule has 0 amide bonds. The van der Waals surface area contributed by atoms with Crippen LogP contribution in [0.4, 0.5) is 17.3 Å². The topological polar surface area (TPSA) is 361 Å². The number of nitrogens with two attached hydrogens (primary N) is 2. The molecule has 69 heavy (non-hydrogen) atoms. The Morgan fingerprint density at radius 3 is 2.23 bits per heavy atom. The van der Waals surface area contributed by atoms with E-state index in [-0.39, 0.29) is 42.2 Å². The summed E-state index contributed by atoms with van der Waals surface area (Å²) in [4.78, 5) is 74.1. The second-order valence-corrected chi connectivity index (χ2v) is 20.4. The minimum atomic E-state index is -5.14. The van der Waals surface area contributed by atoms with E-state index in [1.165, 1.54) is 29.5 Å². The Kier molecular flexibility index (Phi) is 15.7. The second-order valence-electron chi connectivity index (χ2n) is 15.9. The summed E-state index contributed by atoms with van der Waals surface area (Å²) < 4.78 is 84.3. The molecule has 2 aliphatic rings. The van der Waals surface area contributed by atoms with Crippen LogP contribution in [0.1, 0.15) is 51.0 Å². The number of rotatable bonds is 22. The normalized spacial score (nSPS) is 22.6. The van der Waals surface area contributed by atoms with Gasteiger partial charge in [0.1, 0.15) is 60.3 Å². The first-order valence-corrected chi connectivity index (χ1v) is 26.2. The summed E-state index contributed by atoms with van der Waals surface area (Å²) in [5.41, 5.74) is 13.6. The third-order valence-electron chi connectivity index (χ3n) is 11.1. The van der Waals surface area contributed by atoms with Crippen LogP contribution in [0.3, 0.4) is 0 Å².